The van der Waals surface area contributed by atoms with Crippen LogP contribution in [0.25, 0.3) is 16.6 Å². The summed E-state index contributed by atoms with van der Waals surface area (Å²) >= 11 is 0. The lowest BCUT2D eigenvalue weighted by Crippen LogP contribution is -2.55. The van der Waals surface area contributed by atoms with Crippen molar-refractivity contribution < 1.29 is 18.3 Å². The zero-order valence-corrected chi connectivity index (χ0v) is 15.8. The van der Waals surface area contributed by atoms with E-state index in [1.54, 1.807) is 36.5 Å². The molecule has 0 spiro atoms. The largest absolute Gasteiger partial charge is 0.466 e. The van der Waals surface area contributed by atoms with Crippen molar-refractivity contribution in [3.05, 3.63) is 66.6 Å². The lowest BCUT2D eigenvalue weighted by molar-refractivity contribution is -0.131. The molecule has 5 rings (SSSR count). The Hall–Kier alpha value is -3.62. The minimum Gasteiger partial charge on any atom is -0.466 e. The van der Waals surface area contributed by atoms with Crippen molar-refractivity contribution in [3.63, 3.8) is 0 Å². The van der Waals surface area contributed by atoms with E-state index in [0.29, 0.717) is 11.2 Å². The first kappa shape index (κ1) is 18.4. The van der Waals surface area contributed by atoms with Gasteiger partial charge in [-0.2, -0.15) is 5.10 Å². The number of piperidine rings is 1. The molecule has 9 heteroatoms. The third-order valence-electron chi connectivity index (χ3n) is 5.15. The van der Waals surface area contributed by atoms with Crippen molar-refractivity contribution in [1.82, 2.24) is 24.5 Å². The molecule has 4 heterocycles. The predicted octanol–water partition coefficient (Wildman–Crippen LogP) is 3.21. The number of ether oxygens (including phenoxy) is 1. The first-order valence-corrected chi connectivity index (χ1v) is 9.49. The van der Waals surface area contributed by atoms with Crippen molar-refractivity contribution in [2.24, 2.45) is 0 Å². The van der Waals surface area contributed by atoms with Gasteiger partial charge in [0.25, 0.3) is 11.8 Å². The number of amides is 1. The Bertz CT molecular complexity index is 1210. The Morgan fingerprint density at radius 1 is 1.10 bits per heavy atom. The summed E-state index contributed by atoms with van der Waals surface area (Å²) in [6.07, 6.45) is 1.07. The molecule has 1 fully saturated rings. The molecule has 1 atom stereocenters. The van der Waals surface area contributed by atoms with Crippen LogP contribution in [0.5, 0.6) is 5.88 Å². The van der Waals surface area contributed by atoms with E-state index in [2.05, 4.69) is 15.1 Å². The second kappa shape index (κ2) is 7.01. The number of aromatic nitrogens is 4. The summed E-state index contributed by atoms with van der Waals surface area (Å²) in [5.41, 5.74) is 1.32. The molecule has 1 amide bonds. The number of carbonyl (C=O) groups excluding carboxylic acids is 1. The maximum atomic E-state index is 14.6. The normalized spacial score (nSPS) is 18.6. The highest BCUT2D eigenvalue weighted by atomic mass is 19.3. The van der Waals surface area contributed by atoms with Crippen LogP contribution in [0.1, 0.15) is 16.9 Å². The summed E-state index contributed by atoms with van der Waals surface area (Å²) in [4.78, 5) is 22.7. The van der Waals surface area contributed by atoms with E-state index in [9.17, 15) is 13.6 Å². The van der Waals surface area contributed by atoms with Gasteiger partial charge >= 0.3 is 0 Å². The Balaban J connectivity index is 1.38. The first-order chi connectivity index (χ1) is 14.5. The van der Waals surface area contributed by atoms with Gasteiger partial charge in [0, 0.05) is 30.6 Å². The quantitative estimate of drug-likeness (QED) is 0.520. The summed E-state index contributed by atoms with van der Waals surface area (Å²) in [7, 11) is 0. The monoisotopic (exact) mass is 409 g/mol. The molecule has 1 aliphatic rings. The number of nitrogens with zero attached hydrogens (tertiary/aromatic N) is 5. The summed E-state index contributed by atoms with van der Waals surface area (Å²) < 4.78 is 36.1. The van der Waals surface area contributed by atoms with Crippen molar-refractivity contribution in [2.45, 2.75) is 18.4 Å². The maximum Gasteiger partial charge on any atom is 0.287 e. The maximum absolute atomic E-state index is 14.6. The van der Waals surface area contributed by atoms with Gasteiger partial charge in [0.1, 0.15) is 5.69 Å². The highest BCUT2D eigenvalue weighted by Gasteiger charge is 2.47. The van der Waals surface area contributed by atoms with Crippen LogP contribution in [0.4, 0.5) is 8.78 Å². The van der Waals surface area contributed by atoms with Crippen LogP contribution in [0.3, 0.4) is 0 Å². The van der Waals surface area contributed by atoms with Gasteiger partial charge in [-0.3, -0.25) is 4.79 Å². The molecule has 152 valence electrons. The number of imidazole rings is 1. The van der Waals surface area contributed by atoms with Gasteiger partial charge in [0.2, 0.25) is 5.88 Å². The lowest BCUT2D eigenvalue weighted by atomic mass is 10.0. The molecular formula is C21H17F2N5O2. The number of alkyl halides is 2. The summed E-state index contributed by atoms with van der Waals surface area (Å²) in [6.45, 7) is -0.347. The highest BCUT2D eigenvalue weighted by molar-refractivity contribution is 5.93. The van der Waals surface area contributed by atoms with Crippen LogP contribution in [0.2, 0.25) is 0 Å². The fourth-order valence-electron chi connectivity index (χ4n) is 3.53. The number of benzene rings is 1. The topological polar surface area (TPSA) is 72.6 Å². The van der Waals surface area contributed by atoms with Crippen molar-refractivity contribution in [2.75, 3.05) is 13.1 Å². The van der Waals surface area contributed by atoms with Crippen LogP contribution in [0.15, 0.2) is 60.9 Å². The number of carbonyl (C=O) groups is 1. The van der Waals surface area contributed by atoms with Crippen LogP contribution in [-0.4, -0.2) is 55.5 Å². The fourth-order valence-corrected chi connectivity index (χ4v) is 3.53. The molecule has 30 heavy (non-hydrogen) atoms. The molecule has 3 aromatic heterocycles. The second-order valence-electron chi connectivity index (χ2n) is 7.16. The minimum atomic E-state index is -3.08. The molecule has 0 N–H and O–H groups in total. The van der Waals surface area contributed by atoms with Crippen molar-refractivity contribution >= 4 is 22.5 Å². The van der Waals surface area contributed by atoms with E-state index in [1.165, 1.54) is 15.6 Å². The average molecular weight is 409 g/mol. The van der Waals surface area contributed by atoms with E-state index < -0.39 is 24.4 Å². The van der Waals surface area contributed by atoms with Crippen LogP contribution < -0.4 is 4.74 Å². The fraction of sp³-hybridized carbons (Fsp3) is 0.238. The molecule has 0 saturated carbocycles. The van der Waals surface area contributed by atoms with Crippen LogP contribution in [0, 0.1) is 0 Å². The standard InChI is InChI=1S/C21H17F2N5O2/c22-21(23)9-11-27(20(29)16-12-28-18(25-16)6-3-10-24-28)13-17(21)30-19-8-7-14-4-1-2-5-15(14)26-19/h1-8,10,12,17H,9,11,13H2/t17-/m0/s1. The molecule has 0 aliphatic carbocycles. The van der Waals surface area contributed by atoms with Gasteiger partial charge in [0.15, 0.2) is 11.8 Å². The first-order valence-electron chi connectivity index (χ1n) is 9.49. The zero-order valence-electron chi connectivity index (χ0n) is 15.8. The molecule has 4 aromatic rings. The number of pyridine rings is 1. The van der Waals surface area contributed by atoms with E-state index in [-0.39, 0.29) is 24.7 Å². The lowest BCUT2D eigenvalue weighted by Gasteiger charge is -2.37. The third kappa shape index (κ3) is 3.32. The average Bonchev–Trinajstić information content (AvgIpc) is 3.19. The predicted molar refractivity (Wildman–Crippen MR) is 105 cm³/mol. The number of hydrogen-bond donors (Lipinski definition) is 0. The summed E-state index contributed by atoms with van der Waals surface area (Å²) in [5.74, 6) is -3.41. The molecule has 7 nitrogen and oxygen atoms in total. The Kier molecular flexibility index (Phi) is 4.30. The number of rotatable bonds is 3. The SMILES string of the molecule is O=C(c1cn2ncccc2n1)N1CCC(F)(F)[C@@H](Oc2ccc3ccccc3n2)C1. The molecule has 1 aromatic carbocycles. The van der Waals surface area contributed by atoms with Crippen LogP contribution in [-0.2, 0) is 0 Å². The zero-order chi connectivity index (χ0) is 20.7. The van der Waals surface area contributed by atoms with Gasteiger partial charge in [0.05, 0.1) is 18.3 Å². The van der Waals surface area contributed by atoms with Gasteiger partial charge in [-0.05, 0) is 24.3 Å². The second-order valence-corrected chi connectivity index (χ2v) is 7.16. The molecule has 0 radical (unpaired) electrons. The van der Waals surface area contributed by atoms with E-state index in [4.69, 9.17) is 4.74 Å². The molecule has 1 saturated heterocycles. The van der Waals surface area contributed by atoms with E-state index >= 15 is 0 Å². The van der Waals surface area contributed by atoms with Gasteiger partial charge in [-0.25, -0.2) is 23.3 Å². The molecule has 0 bridgehead atoms. The number of para-hydroxylation sites is 1. The number of fused-ring (bicyclic) bond motifs is 2. The summed E-state index contributed by atoms with van der Waals surface area (Å²) in [5, 5.41) is 4.97. The third-order valence-corrected chi connectivity index (χ3v) is 5.15. The number of likely N-dealkylation sites (tertiary alicyclic amines) is 1. The molecular weight excluding hydrogens is 392 g/mol. The number of halogens is 2. The Morgan fingerprint density at radius 2 is 1.97 bits per heavy atom. The smallest absolute Gasteiger partial charge is 0.287 e. The summed E-state index contributed by atoms with van der Waals surface area (Å²) in [6, 6.07) is 14.1. The molecule has 1 aliphatic heterocycles. The Morgan fingerprint density at radius 3 is 2.83 bits per heavy atom. The highest BCUT2D eigenvalue weighted by Crippen LogP contribution is 2.32. The van der Waals surface area contributed by atoms with Crippen molar-refractivity contribution in [1.29, 1.82) is 0 Å². The van der Waals surface area contributed by atoms with Gasteiger partial charge in [-0.15, -0.1) is 0 Å². The van der Waals surface area contributed by atoms with E-state index in [0.717, 1.165) is 5.39 Å². The molecule has 0 unspecified atom stereocenters. The minimum absolute atomic E-state index is 0.0852. The Labute approximate surface area is 169 Å². The van der Waals surface area contributed by atoms with Crippen LogP contribution >= 0.6 is 0 Å². The van der Waals surface area contributed by atoms with Crippen molar-refractivity contribution in [3.8, 4) is 5.88 Å². The van der Waals surface area contributed by atoms with Gasteiger partial charge < -0.3 is 9.64 Å². The number of hydrogen-bond acceptors (Lipinski definition) is 5. The van der Waals surface area contributed by atoms with E-state index in [1.807, 2.05) is 18.2 Å². The van der Waals surface area contributed by atoms with Gasteiger partial charge in [-0.1, -0.05) is 18.2 Å².